The van der Waals surface area contributed by atoms with Crippen LogP contribution in [-0.2, 0) is 0 Å². The van der Waals surface area contributed by atoms with E-state index in [-0.39, 0.29) is 0 Å². The highest BCUT2D eigenvalue weighted by molar-refractivity contribution is 4.69. The van der Waals surface area contributed by atoms with Crippen LogP contribution in [0.15, 0.2) is 0 Å². The van der Waals surface area contributed by atoms with Gasteiger partial charge in [-0.25, -0.2) is 0 Å². The minimum absolute atomic E-state index is 0.421. The Labute approximate surface area is 122 Å². The topological polar surface area (TPSA) is 20.2 Å². The lowest BCUT2D eigenvalue weighted by Gasteiger charge is -2.20. The van der Waals surface area contributed by atoms with Crippen molar-refractivity contribution < 1.29 is 5.11 Å². The van der Waals surface area contributed by atoms with Gasteiger partial charge < -0.3 is 5.11 Å². The fraction of sp³-hybridized carbons (Fsp3) is 1.00. The van der Waals surface area contributed by atoms with Crippen molar-refractivity contribution in [3.05, 3.63) is 0 Å². The van der Waals surface area contributed by atoms with Crippen LogP contribution in [0.25, 0.3) is 0 Å². The van der Waals surface area contributed by atoms with E-state index < -0.39 is 5.60 Å². The van der Waals surface area contributed by atoms with E-state index in [0.717, 1.165) is 18.8 Å². The summed E-state index contributed by atoms with van der Waals surface area (Å²) in [5.74, 6) is 0.932. The number of hydrogen-bond acceptors (Lipinski definition) is 1. The van der Waals surface area contributed by atoms with Crippen LogP contribution in [0.5, 0.6) is 0 Å². The van der Waals surface area contributed by atoms with Crippen molar-refractivity contribution in [3.63, 3.8) is 0 Å². The molecule has 1 nitrogen and oxygen atoms in total. The summed E-state index contributed by atoms with van der Waals surface area (Å²) < 4.78 is 0. The SMILES string of the molecule is CCC[C@H](C)CCCCCCCCC[C@](C)(O)CC. The quantitative estimate of drug-likeness (QED) is 0.401. The average molecular weight is 271 g/mol. The van der Waals surface area contributed by atoms with E-state index in [4.69, 9.17) is 0 Å². The van der Waals surface area contributed by atoms with Crippen LogP contribution < -0.4 is 0 Å². The molecular weight excluding hydrogens is 232 g/mol. The molecule has 0 unspecified atom stereocenters. The van der Waals surface area contributed by atoms with Gasteiger partial charge >= 0.3 is 0 Å². The van der Waals surface area contributed by atoms with Crippen molar-refractivity contribution in [2.75, 3.05) is 0 Å². The molecule has 0 aliphatic heterocycles. The van der Waals surface area contributed by atoms with Gasteiger partial charge in [-0.2, -0.15) is 0 Å². The van der Waals surface area contributed by atoms with Gasteiger partial charge in [-0.1, -0.05) is 85.0 Å². The standard InChI is InChI=1S/C18H38O/c1-5-14-17(3)15-12-10-8-7-9-11-13-16-18(4,19)6-2/h17,19H,5-16H2,1-4H3/t17-,18+/m0/s1. The normalized spacial score (nSPS) is 16.3. The van der Waals surface area contributed by atoms with Gasteiger partial charge in [0.15, 0.2) is 0 Å². The summed E-state index contributed by atoms with van der Waals surface area (Å²) >= 11 is 0. The molecule has 19 heavy (non-hydrogen) atoms. The van der Waals surface area contributed by atoms with Gasteiger partial charge in [-0.15, -0.1) is 0 Å². The van der Waals surface area contributed by atoms with E-state index in [2.05, 4.69) is 20.8 Å². The minimum Gasteiger partial charge on any atom is -0.390 e. The molecule has 0 aromatic heterocycles. The predicted molar refractivity (Wildman–Crippen MR) is 86.5 cm³/mol. The van der Waals surface area contributed by atoms with E-state index in [0.29, 0.717) is 0 Å². The molecule has 0 bridgehead atoms. The molecule has 0 saturated heterocycles. The highest BCUT2D eigenvalue weighted by Crippen LogP contribution is 2.19. The number of hydrogen-bond donors (Lipinski definition) is 1. The molecule has 0 saturated carbocycles. The first-order valence-corrected chi connectivity index (χ1v) is 8.74. The molecule has 0 heterocycles. The Morgan fingerprint density at radius 2 is 1.37 bits per heavy atom. The number of rotatable bonds is 13. The van der Waals surface area contributed by atoms with E-state index in [1.165, 1.54) is 64.2 Å². The van der Waals surface area contributed by atoms with Crippen LogP contribution in [0.4, 0.5) is 0 Å². The Balaban J connectivity index is 3.19. The lowest BCUT2D eigenvalue weighted by atomic mass is 9.95. The van der Waals surface area contributed by atoms with Gasteiger partial charge in [0.05, 0.1) is 5.60 Å². The molecule has 116 valence electrons. The van der Waals surface area contributed by atoms with Crippen LogP contribution in [0.2, 0.25) is 0 Å². The van der Waals surface area contributed by atoms with Crippen molar-refractivity contribution in [1.29, 1.82) is 0 Å². The fourth-order valence-electron chi connectivity index (χ4n) is 2.70. The molecule has 0 aliphatic carbocycles. The van der Waals surface area contributed by atoms with Gasteiger partial charge in [0, 0.05) is 0 Å². The first-order valence-electron chi connectivity index (χ1n) is 8.74. The van der Waals surface area contributed by atoms with E-state index in [1.807, 2.05) is 6.92 Å². The highest BCUT2D eigenvalue weighted by atomic mass is 16.3. The maximum atomic E-state index is 9.89. The Morgan fingerprint density at radius 1 is 0.842 bits per heavy atom. The molecule has 0 radical (unpaired) electrons. The van der Waals surface area contributed by atoms with Gasteiger partial charge in [0.1, 0.15) is 0 Å². The largest absolute Gasteiger partial charge is 0.390 e. The van der Waals surface area contributed by atoms with Crippen molar-refractivity contribution >= 4 is 0 Å². The van der Waals surface area contributed by atoms with Crippen molar-refractivity contribution in [1.82, 2.24) is 0 Å². The Kier molecular flexibility index (Phi) is 11.7. The third-order valence-electron chi connectivity index (χ3n) is 4.46. The first kappa shape index (κ1) is 19.0. The van der Waals surface area contributed by atoms with E-state index >= 15 is 0 Å². The molecule has 1 N–H and O–H groups in total. The van der Waals surface area contributed by atoms with Gasteiger partial charge in [-0.3, -0.25) is 0 Å². The minimum atomic E-state index is -0.421. The Bertz CT molecular complexity index is 186. The summed E-state index contributed by atoms with van der Waals surface area (Å²) in [5, 5.41) is 9.89. The zero-order chi connectivity index (χ0) is 14.6. The van der Waals surface area contributed by atoms with Gasteiger partial charge in [-0.05, 0) is 25.7 Å². The molecule has 0 rings (SSSR count). The first-order chi connectivity index (χ1) is 9.02. The number of unbranched alkanes of at least 4 members (excludes halogenated alkanes) is 6. The summed E-state index contributed by atoms with van der Waals surface area (Å²) in [5.41, 5.74) is -0.421. The average Bonchev–Trinajstić information content (AvgIpc) is 2.37. The van der Waals surface area contributed by atoms with Crippen LogP contribution in [0.1, 0.15) is 105 Å². The molecule has 2 atom stereocenters. The second-order valence-corrected chi connectivity index (χ2v) is 6.76. The van der Waals surface area contributed by atoms with Crippen LogP contribution in [0.3, 0.4) is 0 Å². The summed E-state index contributed by atoms with van der Waals surface area (Å²) in [4.78, 5) is 0. The zero-order valence-corrected chi connectivity index (χ0v) is 14.0. The van der Waals surface area contributed by atoms with Crippen LogP contribution in [-0.4, -0.2) is 10.7 Å². The van der Waals surface area contributed by atoms with Crippen molar-refractivity contribution in [2.45, 2.75) is 110 Å². The summed E-state index contributed by atoms with van der Waals surface area (Å²) in [6.45, 7) is 8.71. The Morgan fingerprint density at radius 3 is 1.89 bits per heavy atom. The summed E-state index contributed by atoms with van der Waals surface area (Å²) in [6, 6.07) is 0. The smallest absolute Gasteiger partial charge is 0.0617 e. The lowest BCUT2D eigenvalue weighted by molar-refractivity contribution is 0.0442. The molecule has 0 aliphatic rings. The molecule has 1 heteroatoms. The summed E-state index contributed by atoms with van der Waals surface area (Å²) in [6.07, 6.45) is 15.5. The predicted octanol–water partition coefficient (Wildman–Crippen LogP) is 6.09. The Hall–Kier alpha value is -0.0400. The number of aliphatic hydroxyl groups is 1. The van der Waals surface area contributed by atoms with Gasteiger partial charge in [0.2, 0.25) is 0 Å². The molecule has 0 aromatic rings. The van der Waals surface area contributed by atoms with E-state index in [1.54, 1.807) is 0 Å². The highest BCUT2D eigenvalue weighted by Gasteiger charge is 2.15. The maximum Gasteiger partial charge on any atom is 0.0617 e. The maximum absolute atomic E-state index is 9.89. The molecule has 0 amide bonds. The van der Waals surface area contributed by atoms with Crippen LogP contribution in [0, 0.1) is 5.92 Å². The summed E-state index contributed by atoms with van der Waals surface area (Å²) in [7, 11) is 0. The monoisotopic (exact) mass is 270 g/mol. The van der Waals surface area contributed by atoms with Crippen molar-refractivity contribution in [3.8, 4) is 0 Å². The second-order valence-electron chi connectivity index (χ2n) is 6.76. The fourth-order valence-corrected chi connectivity index (χ4v) is 2.70. The zero-order valence-electron chi connectivity index (χ0n) is 14.0. The molecular formula is C18H38O. The van der Waals surface area contributed by atoms with Crippen molar-refractivity contribution in [2.24, 2.45) is 5.92 Å². The van der Waals surface area contributed by atoms with Gasteiger partial charge in [0.25, 0.3) is 0 Å². The molecule has 0 aromatic carbocycles. The second kappa shape index (κ2) is 11.8. The third-order valence-corrected chi connectivity index (χ3v) is 4.46. The third kappa shape index (κ3) is 12.7. The lowest BCUT2D eigenvalue weighted by Crippen LogP contribution is -2.22. The van der Waals surface area contributed by atoms with Crippen LogP contribution >= 0.6 is 0 Å². The molecule has 0 fully saturated rings. The van der Waals surface area contributed by atoms with E-state index in [9.17, 15) is 5.11 Å². The molecule has 0 spiro atoms.